The average molecular weight is 441 g/mol. The number of benzene rings is 3. The predicted octanol–water partition coefficient (Wildman–Crippen LogP) is 4.14. The molecule has 1 spiro atoms. The van der Waals surface area contributed by atoms with Crippen LogP contribution in [0.3, 0.4) is 0 Å². The lowest BCUT2D eigenvalue weighted by Gasteiger charge is -2.36. The van der Waals surface area contributed by atoms with Gasteiger partial charge < -0.3 is 24.5 Å². The van der Waals surface area contributed by atoms with Gasteiger partial charge >= 0.3 is 13.1 Å². The van der Waals surface area contributed by atoms with Gasteiger partial charge in [0.15, 0.2) is 5.60 Å². The highest BCUT2D eigenvalue weighted by Gasteiger charge is 2.55. The van der Waals surface area contributed by atoms with Gasteiger partial charge in [-0.3, -0.25) is 0 Å². The van der Waals surface area contributed by atoms with Crippen LogP contribution in [0.4, 0.5) is 5.69 Å². The zero-order valence-corrected chi connectivity index (χ0v) is 19.0. The topological polar surface area (TPSA) is 80.0 Å². The van der Waals surface area contributed by atoms with E-state index in [4.69, 9.17) is 24.5 Å². The van der Waals surface area contributed by atoms with E-state index >= 15 is 0 Å². The Morgan fingerprint density at radius 1 is 0.788 bits per heavy atom. The maximum Gasteiger partial charge on any atom is 0.494 e. The zero-order valence-electron chi connectivity index (χ0n) is 19.0. The molecular formula is C26H24BNO5. The van der Waals surface area contributed by atoms with Crippen LogP contribution in [0.2, 0.25) is 0 Å². The molecule has 33 heavy (non-hydrogen) atoms. The van der Waals surface area contributed by atoms with Gasteiger partial charge in [-0.05, 0) is 57.4 Å². The molecule has 1 saturated heterocycles. The van der Waals surface area contributed by atoms with Crippen LogP contribution in [0.15, 0.2) is 60.7 Å². The summed E-state index contributed by atoms with van der Waals surface area (Å²) in [6.07, 6.45) is 0. The highest BCUT2D eigenvalue weighted by Crippen LogP contribution is 2.56. The van der Waals surface area contributed by atoms with Gasteiger partial charge in [-0.25, -0.2) is 4.79 Å². The molecule has 6 rings (SSSR count). The molecule has 7 heteroatoms. The highest BCUT2D eigenvalue weighted by molar-refractivity contribution is 6.62. The lowest BCUT2D eigenvalue weighted by molar-refractivity contribution is 0.00578. The summed E-state index contributed by atoms with van der Waals surface area (Å²) in [5, 5.41) is 0. The molecular weight excluding hydrogens is 417 g/mol. The number of rotatable bonds is 1. The Morgan fingerprint density at radius 3 is 2.15 bits per heavy atom. The molecule has 6 nitrogen and oxygen atoms in total. The van der Waals surface area contributed by atoms with Crippen LogP contribution in [-0.2, 0) is 19.6 Å². The van der Waals surface area contributed by atoms with E-state index in [1.165, 1.54) is 0 Å². The van der Waals surface area contributed by atoms with Crippen LogP contribution in [0, 0.1) is 0 Å². The van der Waals surface area contributed by atoms with Crippen LogP contribution in [0.5, 0.6) is 11.5 Å². The fourth-order valence-corrected chi connectivity index (χ4v) is 4.83. The summed E-state index contributed by atoms with van der Waals surface area (Å²) in [5.74, 6) is 0.763. The van der Waals surface area contributed by atoms with Gasteiger partial charge in [0.05, 0.1) is 16.8 Å². The number of carbonyl (C=O) groups excluding carboxylic acids is 1. The molecule has 0 amide bonds. The van der Waals surface area contributed by atoms with Gasteiger partial charge in [0.25, 0.3) is 0 Å². The molecule has 0 saturated carbocycles. The molecule has 1 fully saturated rings. The molecule has 2 N–H and O–H groups in total. The van der Waals surface area contributed by atoms with E-state index in [0.29, 0.717) is 22.7 Å². The number of ether oxygens (including phenoxy) is 2. The minimum atomic E-state index is -1.11. The second-order valence-corrected chi connectivity index (χ2v) is 9.82. The molecule has 3 heterocycles. The molecule has 166 valence electrons. The second-order valence-electron chi connectivity index (χ2n) is 9.82. The first-order valence-corrected chi connectivity index (χ1v) is 11.0. The van der Waals surface area contributed by atoms with Crippen molar-refractivity contribution in [3.8, 4) is 11.5 Å². The van der Waals surface area contributed by atoms with Crippen molar-refractivity contribution in [2.45, 2.75) is 44.5 Å². The smallest absolute Gasteiger partial charge is 0.456 e. The minimum Gasteiger partial charge on any atom is -0.456 e. The standard InChI is InChI=1S/C26H24BNO5/c1-24(2)25(3,4)33-27(32-24)15-9-11-19-21(13-15)30-22-14-16(28)10-12-20(22)26(19)18-8-6-5-7-17(18)23(29)31-26/h5-14H,28H2,1-4H3. The third-order valence-electron chi connectivity index (χ3n) is 7.29. The number of carbonyl (C=O) groups is 1. The number of esters is 1. The Balaban J connectivity index is 1.55. The first-order valence-electron chi connectivity index (χ1n) is 11.0. The number of hydrogen-bond donors (Lipinski definition) is 1. The normalized spacial score (nSPS) is 23.5. The Hall–Kier alpha value is -3.29. The largest absolute Gasteiger partial charge is 0.494 e. The van der Waals surface area contributed by atoms with E-state index in [2.05, 4.69) is 0 Å². The number of anilines is 1. The number of nitrogens with two attached hydrogens (primary N) is 1. The van der Waals surface area contributed by atoms with Crippen LogP contribution in [0.25, 0.3) is 0 Å². The summed E-state index contributed by atoms with van der Waals surface area (Å²) in [4.78, 5) is 12.9. The molecule has 0 aliphatic carbocycles. The summed E-state index contributed by atoms with van der Waals surface area (Å²) in [6.45, 7) is 8.07. The Kier molecular flexibility index (Phi) is 3.94. The summed E-state index contributed by atoms with van der Waals surface area (Å²) in [7, 11) is -0.541. The lowest BCUT2D eigenvalue weighted by atomic mass is 9.74. The number of nitrogen functional groups attached to an aromatic ring is 1. The molecule has 3 aromatic rings. The second kappa shape index (κ2) is 6.40. The van der Waals surface area contributed by atoms with Crippen molar-refractivity contribution in [2.75, 3.05) is 5.73 Å². The van der Waals surface area contributed by atoms with E-state index in [9.17, 15) is 4.79 Å². The highest BCUT2D eigenvalue weighted by atomic mass is 16.7. The molecule has 1 unspecified atom stereocenters. The molecule has 3 aliphatic heterocycles. The summed E-state index contributed by atoms with van der Waals surface area (Å²) >= 11 is 0. The van der Waals surface area contributed by atoms with E-state index in [1.54, 1.807) is 18.2 Å². The van der Waals surface area contributed by atoms with Crippen molar-refractivity contribution < 1.29 is 23.6 Å². The zero-order chi connectivity index (χ0) is 23.2. The monoisotopic (exact) mass is 441 g/mol. The summed E-state index contributed by atoms with van der Waals surface area (Å²) in [5.41, 5.74) is 8.25. The van der Waals surface area contributed by atoms with Crippen molar-refractivity contribution in [2.24, 2.45) is 0 Å². The van der Waals surface area contributed by atoms with Crippen LogP contribution >= 0.6 is 0 Å². The van der Waals surface area contributed by atoms with Gasteiger partial charge in [0, 0.05) is 28.4 Å². The summed E-state index contributed by atoms with van der Waals surface area (Å²) in [6, 6.07) is 18.7. The van der Waals surface area contributed by atoms with Gasteiger partial charge in [-0.1, -0.05) is 30.3 Å². The van der Waals surface area contributed by atoms with Crippen molar-refractivity contribution >= 4 is 24.2 Å². The van der Waals surface area contributed by atoms with Crippen LogP contribution in [-0.4, -0.2) is 24.3 Å². The maximum absolute atomic E-state index is 12.9. The summed E-state index contributed by atoms with van der Waals surface area (Å²) < 4.78 is 25.0. The molecule has 3 aromatic carbocycles. The Labute approximate surface area is 192 Å². The van der Waals surface area contributed by atoms with Gasteiger partial charge in [-0.15, -0.1) is 0 Å². The fraction of sp³-hybridized carbons (Fsp3) is 0.269. The third-order valence-corrected chi connectivity index (χ3v) is 7.29. The van der Waals surface area contributed by atoms with Gasteiger partial charge in [0.1, 0.15) is 11.5 Å². The van der Waals surface area contributed by atoms with Gasteiger partial charge in [-0.2, -0.15) is 0 Å². The molecule has 0 radical (unpaired) electrons. The van der Waals surface area contributed by atoms with Crippen molar-refractivity contribution in [3.63, 3.8) is 0 Å². The van der Waals surface area contributed by atoms with Gasteiger partial charge in [0.2, 0.25) is 0 Å². The van der Waals surface area contributed by atoms with E-state index < -0.39 is 23.9 Å². The minimum absolute atomic E-state index is 0.365. The lowest BCUT2D eigenvalue weighted by Crippen LogP contribution is -2.41. The first kappa shape index (κ1) is 20.3. The molecule has 1 atom stereocenters. The first-order chi connectivity index (χ1) is 15.6. The van der Waals surface area contributed by atoms with Crippen molar-refractivity contribution in [1.29, 1.82) is 0 Å². The Bertz CT molecular complexity index is 1320. The average Bonchev–Trinajstić information content (AvgIpc) is 3.17. The quantitative estimate of drug-likeness (QED) is 0.348. The van der Waals surface area contributed by atoms with E-state index in [0.717, 1.165) is 22.2 Å². The fourth-order valence-electron chi connectivity index (χ4n) is 4.83. The SMILES string of the molecule is CC1(C)OB(c2ccc3c(c2)Oc2cc(N)ccc2C32OC(=O)c3ccccc32)OC1(C)C. The van der Waals surface area contributed by atoms with E-state index in [-0.39, 0.29) is 5.97 Å². The van der Waals surface area contributed by atoms with Crippen molar-refractivity contribution in [1.82, 2.24) is 0 Å². The molecule has 3 aliphatic rings. The van der Waals surface area contributed by atoms with E-state index in [1.807, 2.05) is 70.2 Å². The van der Waals surface area contributed by atoms with Crippen LogP contribution < -0.4 is 15.9 Å². The predicted molar refractivity (Wildman–Crippen MR) is 125 cm³/mol. The van der Waals surface area contributed by atoms with Crippen molar-refractivity contribution in [3.05, 3.63) is 82.9 Å². The third kappa shape index (κ3) is 2.66. The maximum atomic E-state index is 12.9. The Morgan fingerprint density at radius 2 is 1.42 bits per heavy atom. The molecule has 0 aromatic heterocycles. The number of hydrogen-bond acceptors (Lipinski definition) is 6. The molecule has 0 bridgehead atoms. The van der Waals surface area contributed by atoms with Crippen LogP contribution in [0.1, 0.15) is 54.7 Å². The number of fused-ring (bicyclic) bond motifs is 6.